The van der Waals surface area contributed by atoms with Gasteiger partial charge in [0.1, 0.15) is 17.7 Å². The molecule has 3 nitrogen and oxygen atoms in total. The normalized spacial score (nSPS) is 10.3. The van der Waals surface area contributed by atoms with E-state index in [1.807, 2.05) is 12.1 Å². The van der Waals surface area contributed by atoms with E-state index >= 15 is 0 Å². The number of methoxy groups -OCH3 is 1. The summed E-state index contributed by atoms with van der Waals surface area (Å²) in [6.45, 7) is 1.80. The van der Waals surface area contributed by atoms with Gasteiger partial charge >= 0.3 is 0 Å². The quantitative estimate of drug-likeness (QED) is 0.784. The number of aromatic nitrogens is 1. The number of rotatable bonds is 2. The van der Waals surface area contributed by atoms with E-state index in [1.54, 1.807) is 26.4 Å². The summed E-state index contributed by atoms with van der Waals surface area (Å²) in [6, 6.07) is 5.50. The molecule has 0 fully saturated rings. The lowest BCUT2D eigenvalue weighted by Crippen LogP contribution is -1.85. The van der Waals surface area contributed by atoms with Gasteiger partial charge in [0.25, 0.3) is 0 Å². The van der Waals surface area contributed by atoms with E-state index in [1.165, 1.54) is 0 Å². The van der Waals surface area contributed by atoms with Gasteiger partial charge in [0, 0.05) is 12.5 Å². The van der Waals surface area contributed by atoms with Gasteiger partial charge < -0.3 is 9.15 Å². The van der Waals surface area contributed by atoms with Crippen molar-refractivity contribution in [2.24, 2.45) is 0 Å². The Balaban J connectivity index is 2.42. The average molecular weight is 224 g/mol. The summed E-state index contributed by atoms with van der Waals surface area (Å²) in [5.41, 5.74) is 1.69. The molecule has 4 heteroatoms. The molecule has 0 radical (unpaired) electrons. The smallest absolute Gasteiger partial charge is 0.191 e. The van der Waals surface area contributed by atoms with E-state index in [9.17, 15) is 0 Å². The number of aryl methyl sites for hydroxylation is 1. The van der Waals surface area contributed by atoms with Crippen LogP contribution in [0.4, 0.5) is 0 Å². The largest absolute Gasteiger partial charge is 0.495 e. The van der Waals surface area contributed by atoms with Crippen LogP contribution in [0.15, 0.2) is 28.9 Å². The molecule has 0 N–H and O–H groups in total. The van der Waals surface area contributed by atoms with Crippen molar-refractivity contribution in [1.82, 2.24) is 4.98 Å². The highest BCUT2D eigenvalue weighted by atomic mass is 35.5. The summed E-state index contributed by atoms with van der Waals surface area (Å²) in [4.78, 5) is 4.21. The van der Waals surface area contributed by atoms with Crippen LogP contribution in [0.1, 0.15) is 5.89 Å². The Morgan fingerprint density at radius 1 is 1.40 bits per heavy atom. The molecule has 15 heavy (non-hydrogen) atoms. The van der Waals surface area contributed by atoms with Crippen LogP contribution < -0.4 is 4.74 Å². The van der Waals surface area contributed by atoms with Gasteiger partial charge in [0.15, 0.2) is 5.89 Å². The Bertz CT molecular complexity index is 479. The molecule has 0 saturated heterocycles. The van der Waals surface area contributed by atoms with Crippen molar-refractivity contribution in [3.8, 4) is 17.0 Å². The van der Waals surface area contributed by atoms with Crippen LogP contribution >= 0.6 is 11.6 Å². The number of ether oxygens (including phenoxy) is 1. The lowest BCUT2D eigenvalue weighted by Gasteiger charge is -2.03. The summed E-state index contributed by atoms with van der Waals surface area (Å²) >= 11 is 6.00. The van der Waals surface area contributed by atoms with E-state index < -0.39 is 0 Å². The average Bonchev–Trinajstić information content (AvgIpc) is 2.65. The molecule has 2 aromatic rings. The molecule has 1 aromatic heterocycles. The van der Waals surface area contributed by atoms with Crippen LogP contribution in [0.25, 0.3) is 11.3 Å². The van der Waals surface area contributed by atoms with Gasteiger partial charge in [-0.05, 0) is 18.2 Å². The summed E-state index contributed by atoms with van der Waals surface area (Å²) in [5.74, 6) is 1.29. The van der Waals surface area contributed by atoms with Gasteiger partial charge in [-0.1, -0.05) is 11.6 Å². The van der Waals surface area contributed by atoms with Crippen molar-refractivity contribution in [1.29, 1.82) is 0 Å². The SMILES string of the molecule is COc1ccc(-c2coc(C)n2)cc1Cl. The molecular formula is C11H10ClNO2. The molecule has 1 heterocycles. The van der Waals surface area contributed by atoms with Gasteiger partial charge in [0.05, 0.1) is 12.1 Å². The number of hydrogen-bond donors (Lipinski definition) is 0. The van der Waals surface area contributed by atoms with Gasteiger partial charge in [-0.25, -0.2) is 4.98 Å². The molecule has 2 rings (SSSR count). The molecule has 78 valence electrons. The van der Waals surface area contributed by atoms with Crippen molar-refractivity contribution in [2.45, 2.75) is 6.92 Å². The van der Waals surface area contributed by atoms with Gasteiger partial charge in [0.2, 0.25) is 0 Å². The molecule has 0 bridgehead atoms. The van der Waals surface area contributed by atoms with Crippen LogP contribution in [-0.4, -0.2) is 12.1 Å². The molecule has 0 unspecified atom stereocenters. The molecule has 0 amide bonds. The topological polar surface area (TPSA) is 35.3 Å². The van der Waals surface area contributed by atoms with E-state index in [0.717, 1.165) is 11.3 Å². The zero-order valence-electron chi connectivity index (χ0n) is 8.45. The summed E-state index contributed by atoms with van der Waals surface area (Å²) < 4.78 is 10.2. The second-order valence-corrected chi connectivity index (χ2v) is 3.51. The zero-order chi connectivity index (χ0) is 10.8. The summed E-state index contributed by atoms with van der Waals surface area (Å²) in [7, 11) is 1.58. The number of nitrogens with zero attached hydrogens (tertiary/aromatic N) is 1. The van der Waals surface area contributed by atoms with Crippen LogP contribution in [0.5, 0.6) is 5.75 Å². The Labute approximate surface area is 92.6 Å². The van der Waals surface area contributed by atoms with E-state index in [4.69, 9.17) is 20.8 Å². The Morgan fingerprint density at radius 3 is 2.73 bits per heavy atom. The molecule has 0 aliphatic carbocycles. The Morgan fingerprint density at radius 2 is 2.20 bits per heavy atom. The van der Waals surface area contributed by atoms with Crippen LogP contribution in [0.3, 0.4) is 0 Å². The van der Waals surface area contributed by atoms with Crippen molar-refractivity contribution in [3.63, 3.8) is 0 Å². The van der Waals surface area contributed by atoms with Crippen molar-refractivity contribution < 1.29 is 9.15 Å². The fourth-order valence-electron chi connectivity index (χ4n) is 1.32. The van der Waals surface area contributed by atoms with Crippen molar-refractivity contribution >= 4 is 11.6 Å². The van der Waals surface area contributed by atoms with Crippen molar-refractivity contribution in [2.75, 3.05) is 7.11 Å². The van der Waals surface area contributed by atoms with E-state index in [2.05, 4.69) is 4.98 Å². The second-order valence-electron chi connectivity index (χ2n) is 3.10. The Hall–Kier alpha value is -1.48. The minimum absolute atomic E-state index is 0.565. The minimum atomic E-state index is 0.565. The zero-order valence-corrected chi connectivity index (χ0v) is 9.21. The molecule has 0 saturated carbocycles. The molecule has 0 aliphatic rings. The first-order valence-electron chi connectivity index (χ1n) is 4.47. The maximum absolute atomic E-state index is 6.00. The summed E-state index contributed by atoms with van der Waals surface area (Å²) in [5, 5.41) is 0.565. The first kappa shape index (κ1) is 10.1. The standard InChI is InChI=1S/C11H10ClNO2/c1-7-13-10(6-15-7)8-3-4-11(14-2)9(12)5-8/h3-6H,1-2H3. The third-order valence-corrected chi connectivity index (χ3v) is 2.36. The lowest BCUT2D eigenvalue weighted by molar-refractivity contribution is 0.415. The number of halogens is 1. The third kappa shape index (κ3) is 1.97. The van der Waals surface area contributed by atoms with E-state index in [0.29, 0.717) is 16.7 Å². The predicted molar refractivity (Wildman–Crippen MR) is 58.2 cm³/mol. The highest BCUT2D eigenvalue weighted by Gasteiger charge is 2.06. The predicted octanol–water partition coefficient (Wildman–Crippen LogP) is 3.31. The van der Waals surface area contributed by atoms with Crippen molar-refractivity contribution in [3.05, 3.63) is 35.4 Å². The fraction of sp³-hybridized carbons (Fsp3) is 0.182. The molecule has 0 aliphatic heterocycles. The van der Waals surface area contributed by atoms with E-state index in [-0.39, 0.29) is 0 Å². The molecular weight excluding hydrogens is 214 g/mol. The molecule has 0 spiro atoms. The van der Waals surface area contributed by atoms with Crippen LogP contribution in [-0.2, 0) is 0 Å². The first-order valence-corrected chi connectivity index (χ1v) is 4.84. The van der Waals surface area contributed by atoms with Gasteiger partial charge in [-0.2, -0.15) is 0 Å². The first-order chi connectivity index (χ1) is 7.20. The minimum Gasteiger partial charge on any atom is -0.495 e. The third-order valence-electron chi connectivity index (χ3n) is 2.07. The van der Waals surface area contributed by atoms with Crippen LogP contribution in [0.2, 0.25) is 5.02 Å². The highest BCUT2D eigenvalue weighted by molar-refractivity contribution is 6.32. The molecule has 1 aromatic carbocycles. The van der Waals surface area contributed by atoms with Gasteiger partial charge in [-0.15, -0.1) is 0 Å². The maximum atomic E-state index is 6.00. The van der Waals surface area contributed by atoms with Crippen LogP contribution in [0, 0.1) is 6.92 Å². The lowest BCUT2D eigenvalue weighted by atomic mass is 10.2. The highest BCUT2D eigenvalue weighted by Crippen LogP contribution is 2.29. The summed E-state index contributed by atoms with van der Waals surface area (Å²) in [6.07, 6.45) is 1.60. The Kier molecular flexibility index (Phi) is 2.64. The number of oxazole rings is 1. The second kappa shape index (κ2) is 3.95. The number of benzene rings is 1. The monoisotopic (exact) mass is 223 g/mol. The maximum Gasteiger partial charge on any atom is 0.191 e. The van der Waals surface area contributed by atoms with Gasteiger partial charge in [-0.3, -0.25) is 0 Å². The fourth-order valence-corrected chi connectivity index (χ4v) is 1.58. The molecule has 0 atom stereocenters. The number of hydrogen-bond acceptors (Lipinski definition) is 3.